The van der Waals surface area contributed by atoms with Gasteiger partial charge in [0.1, 0.15) is 0 Å². The van der Waals surface area contributed by atoms with Crippen LogP contribution in [-0.2, 0) is 4.74 Å². The molecule has 1 amide bonds. The van der Waals surface area contributed by atoms with Crippen molar-refractivity contribution in [3.8, 4) is 0 Å². The normalized spacial score (nSPS) is 10.1. The molecule has 0 aliphatic heterocycles. The van der Waals surface area contributed by atoms with Gasteiger partial charge in [-0.25, -0.2) is 4.79 Å². The summed E-state index contributed by atoms with van der Waals surface area (Å²) in [5.41, 5.74) is 2.48. The Bertz CT molecular complexity index is 699. The molecule has 0 saturated heterocycles. The van der Waals surface area contributed by atoms with E-state index in [-0.39, 0.29) is 11.9 Å². The Hall–Kier alpha value is -2.89. The summed E-state index contributed by atoms with van der Waals surface area (Å²) in [7, 11) is 0. The third kappa shape index (κ3) is 4.81. The topological polar surface area (TPSA) is 80.3 Å². The van der Waals surface area contributed by atoms with Crippen LogP contribution in [0.4, 0.5) is 11.4 Å². The van der Waals surface area contributed by atoms with Crippen LogP contribution in [0.3, 0.4) is 0 Å². The van der Waals surface area contributed by atoms with Crippen LogP contribution < -0.4 is 10.6 Å². The van der Waals surface area contributed by atoms with E-state index in [2.05, 4.69) is 15.6 Å². The second kappa shape index (κ2) is 8.67. The minimum absolute atomic E-state index is 0.148. The first-order valence-corrected chi connectivity index (χ1v) is 7.91. The van der Waals surface area contributed by atoms with Gasteiger partial charge in [0.25, 0.3) is 5.91 Å². The number of nitrogens with one attached hydrogen (secondary N) is 2. The minimum Gasteiger partial charge on any atom is -0.462 e. The van der Waals surface area contributed by atoms with Crippen LogP contribution in [-0.4, -0.2) is 30.0 Å². The summed E-state index contributed by atoms with van der Waals surface area (Å²) >= 11 is 0. The fraction of sp³-hybridized carbons (Fsp3) is 0.278. The molecule has 0 aliphatic rings. The summed E-state index contributed by atoms with van der Waals surface area (Å²) in [6.07, 6.45) is 4.04. The number of aromatic nitrogens is 1. The Morgan fingerprint density at radius 2 is 1.79 bits per heavy atom. The quantitative estimate of drug-likeness (QED) is 0.764. The highest BCUT2D eigenvalue weighted by atomic mass is 16.5. The Morgan fingerprint density at radius 3 is 2.46 bits per heavy atom. The highest BCUT2D eigenvalue weighted by molar-refractivity contribution is 5.95. The number of amides is 1. The maximum atomic E-state index is 12.0. The van der Waals surface area contributed by atoms with E-state index in [1.165, 1.54) is 6.20 Å². The molecule has 0 fully saturated rings. The van der Waals surface area contributed by atoms with E-state index in [4.69, 9.17) is 4.74 Å². The number of rotatable bonds is 7. The smallest absolute Gasteiger partial charge is 0.338 e. The average molecular weight is 327 g/mol. The van der Waals surface area contributed by atoms with Crippen molar-refractivity contribution in [1.82, 2.24) is 10.3 Å². The van der Waals surface area contributed by atoms with Crippen molar-refractivity contribution in [1.29, 1.82) is 0 Å². The van der Waals surface area contributed by atoms with Gasteiger partial charge in [0.2, 0.25) is 0 Å². The van der Waals surface area contributed by atoms with Crippen molar-refractivity contribution >= 4 is 23.3 Å². The average Bonchev–Trinajstić information content (AvgIpc) is 2.60. The van der Waals surface area contributed by atoms with E-state index >= 15 is 0 Å². The first-order valence-electron chi connectivity index (χ1n) is 7.91. The largest absolute Gasteiger partial charge is 0.462 e. The molecule has 126 valence electrons. The van der Waals surface area contributed by atoms with E-state index in [1.807, 2.05) is 6.92 Å². The molecule has 1 aromatic carbocycles. The van der Waals surface area contributed by atoms with Gasteiger partial charge in [0.05, 0.1) is 29.6 Å². The van der Waals surface area contributed by atoms with Crippen molar-refractivity contribution in [3.05, 3.63) is 53.9 Å². The molecule has 0 aliphatic carbocycles. The highest BCUT2D eigenvalue weighted by Gasteiger charge is 2.08. The zero-order valence-electron chi connectivity index (χ0n) is 13.8. The predicted molar refractivity (Wildman–Crippen MR) is 92.5 cm³/mol. The van der Waals surface area contributed by atoms with E-state index in [1.54, 1.807) is 43.5 Å². The lowest BCUT2D eigenvalue weighted by Gasteiger charge is -2.09. The fourth-order valence-electron chi connectivity index (χ4n) is 2.04. The first-order chi connectivity index (χ1) is 11.6. The van der Waals surface area contributed by atoms with Gasteiger partial charge in [0, 0.05) is 18.4 Å². The molecule has 2 N–H and O–H groups in total. The zero-order chi connectivity index (χ0) is 17.4. The van der Waals surface area contributed by atoms with Crippen molar-refractivity contribution < 1.29 is 14.3 Å². The maximum Gasteiger partial charge on any atom is 0.338 e. The number of esters is 1. The van der Waals surface area contributed by atoms with Gasteiger partial charge in [-0.15, -0.1) is 0 Å². The molecular formula is C18H21N3O3. The van der Waals surface area contributed by atoms with E-state index in [9.17, 15) is 9.59 Å². The van der Waals surface area contributed by atoms with E-state index < -0.39 is 0 Å². The lowest BCUT2D eigenvalue weighted by Crippen LogP contribution is -2.24. The molecule has 1 aromatic heterocycles. The van der Waals surface area contributed by atoms with Crippen LogP contribution >= 0.6 is 0 Å². The van der Waals surface area contributed by atoms with Crippen LogP contribution in [0.1, 0.15) is 41.0 Å². The number of hydrogen-bond donors (Lipinski definition) is 2. The number of nitrogens with zero attached hydrogens (tertiary/aromatic N) is 1. The molecule has 0 saturated carbocycles. The molecule has 0 bridgehead atoms. The van der Waals surface area contributed by atoms with Gasteiger partial charge in [0.15, 0.2) is 0 Å². The third-order valence-corrected chi connectivity index (χ3v) is 3.22. The van der Waals surface area contributed by atoms with Gasteiger partial charge >= 0.3 is 5.97 Å². The number of pyridine rings is 1. The SMILES string of the molecule is CCCNC(=O)c1cncc(Nc2ccc(C(=O)OCC)cc2)c1. The lowest BCUT2D eigenvalue weighted by atomic mass is 10.2. The molecule has 1 heterocycles. The molecule has 6 heteroatoms. The molecule has 0 spiro atoms. The van der Waals surface area contributed by atoms with E-state index in [0.29, 0.717) is 30.0 Å². The zero-order valence-corrected chi connectivity index (χ0v) is 13.8. The molecule has 0 unspecified atom stereocenters. The number of carbonyl (C=O) groups excluding carboxylic acids is 2. The standard InChI is InChI=1S/C18H21N3O3/c1-3-9-20-17(22)14-10-16(12-19-11-14)21-15-7-5-13(6-8-15)18(23)24-4-2/h5-8,10-12,21H,3-4,9H2,1-2H3,(H,20,22). The Kier molecular flexibility index (Phi) is 6.31. The second-order valence-electron chi connectivity index (χ2n) is 5.14. The van der Waals surface area contributed by atoms with Gasteiger partial charge in [-0.1, -0.05) is 6.92 Å². The molecule has 2 rings (SSSR count). The number of anilines is 2. The van der Waals surface area contributed by atoms with Crippen molar-refractivity contribution in [2.45, 2.75) is 20.3 Å². The van der Waals surface area contributed by atoms with Crippen LogP contribution in [0.2, 0.25) is 0 Å². The van der Waals surface area contributed by atoms with Crippen LogP contribution in [0, 0.1) is 0 Å². The Balaban J connectivity index is 2.05. The van der Waals surface area contributed by atoms with Gasteiger partial charge in [-0.2, -0.15) is 0 Å². The first kappa shape index (κ1) is 17.5. The summed E-state index contributed by atoms with van der Waals surface area (Å²) in [6.45, 7) is 4.74. The summed E-state index contributed by atoms with van der Waals surface area (Å²) < 4.78 is 4.95. The number of hydrogen-bond acceptors (Lipinski definition) is 5. The minimum atomic E-state index is -0.347. The van der Waals surface area contributed by atoms with Crippen LogP contribution in [0.15, 0.2) is 42.7 Å². The fourth-order valence-corrected chi connectivity index (χ4v) is 2.04. The van der Waals surface area contributed by atoms with Gasteiger partial charge in [-0.05, 0) is 43.7 Å². The molecular weight excluding hydrogens is 306 g/mol. The summed E-state index contributed by atoms with van der Waals surface area (Å²) in [5.74, 6) is -0.494. The third-order valence-electron chi connectivity index (χ3n) is 3.22. The molecule has 6 nitrogen and oxygen atoms in total. The maximum absolute atomic E-state index is 12.0. The highest BCUT2D eigenvalue weighted by Crippen LogP contribution is 2.18. The summed E-state index contributed by atoms with van der Waals surface area (Å²) in [5, 5.41) is 5.97. The van der Waals surface area contributed by atoms with Gasteiger partial charge < -0.3 is 15.4 Å². The monoisotopic (exact) mass is 327 g/mol. The van der Waals surface area contributed by atoms with Gasteiger partial charge in [-0.3, -0.25) is 9.78 Å². The Labute approximate surface area is 141 Å². The van der Waals surface area contributed by atoms with Crippen molar-refractivity contribution in [3.63, 3.8) is 0 Å². The Morgan fingerprint density at radius 1 is 1.04 bits per heavy atom. The molecule has 0 radical (unpaired) electrons. The summed E-state index contributed by atoms with van der Waals surface area (Å²) in [6, 6.07) is 8.65. The van der Waals surface area contributed by atoms with Crippen LogP contribution in [0.25, 0.3) is 0 Å². The number of ether oxygens (including phenoxy) is 1. The van der Waals surface area contributed by atoms with Crippen molar-refractivity contribution in [2.24, 2.45) is 0 Å². The number of carbonyl (C=O) groups is 2. The molecule has 0 atom stereocenters. The van der Waals surface area contributed by atoms with Crippen LogP contribution in [0.5, 0.6) is 0 Å². The second-order valence-corrected chi connectivity index (χ2v) is 5.14. The lowest BCUT2D eigenvalue weighted by molar-refractivity contribution is 0.0526. The molecule has 2 aromatic rings. The van der Waals surface area contributed by atoms with E-state index in [0.717, 1.165) is 12.1 Å². The molecule has 24 heavy (non-hydrogen) atoms. The predicted octanol–water partition coefficient (Wildman–Crippen LogP) is 3.14. The van der Waals surface area contributed by atoms with Crippen molar-refractivity contribution in [2.75, 3.05) is 18.5 Å². The number of benzene rings is 1. The summed E-state index contributed by atoms with van der Waals surface area (Å²) in [4.78, 5) is 27.7.